The van der Waals surface area contributed by atoms with Gasteiger partial charge in [-0.05, 0) is 31.2 Å². The number of anilines is 2. The van der Waals surface area contributed by atoms with E-state index in [0.29, 0.717) is 11.5 Å². The predicted molar refractivity (Wildman–Crippen MR) is 58.1 cm³/mol. The number of hydrogen-bond donors (Lipinski definition) is 2. The maximum absolute atomic E-state index is 12.3. The number of aryl methyl sites for hydroxylation is 1. The second kappa shape index (κ2) is 4.12. The predicted octanol–water partition coefficient (Wildman–Crippen LogP) is 3.48. The number of rotatable bonds is 2. The van der Waals surface area contributed by atoms with Crippen molar-refractivity contribution in [2.75, 3.05) is 5.32 Å². The summed E-state index contributed by atoms with van der Waals surface area (Å²) in [6, 6.07) is 6.56. The quantitative estimate of drug-likeness (QED) is 0.845. The fraction of sp³-hybridized carbons (Fsp3) is 0.182. The molecule has 3 nitrogen and oxygen atoms in total. The van der Waals surface area contributed by atoms with Crippen LogP contribution in [0.5, 0.6) is 0 Å². The second-order valence-electron chi connectivity index (χ2n) is 3.64. The van der Waals surface area contributed by atoms with Crippen LogP contribution in [0.25, 0.3) is 0 Å². The zero-order chi connectivity index (χ0) is 12.5. The van der Waals surface area contributed by atoms with Crippen molar-refractivity contribution in [3.63, 3.8) is 0 Å². The van der Waals surface area contributed by atoms with Crippen LogP contribution in [0.2, 0.25) is 0 Å². The van der Waals surface area contributed by atoms with Gasteiger partial charge in [0.25, 0.3) is 0 Å². The van der Waals surface area contributed by atoms with Crippen molar-refractivity contribution in [3.8, 4) is 0 Å². The van der Waals surface area contributed by atoms with Crippen molar-refractivity contribution in [1.82, 2.24) is 10.2 Å². The van der Waals surface area contributed by atoms with Gasteiger partial charge in [0, 0.05) is 17.4 Å². The molecule has 6 heteroatoms. The molecule has 17 heavy (non-hydrogen) atoms. The van der Waals surface area contributed by atoms with Gasteiger partial charge in [-0.2, -0.15) is 18.3 Å². The smallest absolute Gasteiger partial charge is 0.339 e. The fourth-order valence-corrected chi connectivity index (χ4v) is 1.37. The van der Waals surface area contributed by atoms with Gasteiger partial charge in [0.15, 0.2) is 5.82 Å². The minimum absolute atomic E-state index is 0.560. The highest BCUT2D eigenvalue weighted by Gasteiger charge is 2.29. The molecule has 0 aliphatic heterocycles. The summed E-state index contributed by atoms with van der Waals surface area (Å²) in [7, 11) is 0. The Labute approximate surface area is 95.7 Å². The third kappa shape index (κ3) is 2.77. The molecule has 0 spiro atoms. The lowest BCUT2D eigenvalue weighted by Crippen LogP contribution is -2.04. The molecule has 0 unspecified atom stereocenters. The molecule has 1 aromatic carbocycles. The van der Waals surface area contributed by atoms with E-state index in [0.717, 1.165) is 17.8 Å². The van der Waals surface area contributed by atoms with Gasteiger partial charge in [0.2, 0.25) is 0 Å². The molecule has 1 aromatic heterocycles. The van der Waals surface area contributed by atoms with Gasteiger partial charge in [-0.25, -0.2) is 0 Å². The summed E-state index contributed by atoms with van der Waals surface area (Å²) in [5, 5.41) is 9.55. The molecule has 2 rings (SSSR count). The summed E-state index contributed by atoms with van der Waals surface area (Å²) < 4.78 is 36.9. The molecule has 0 aliphatic rings. The summed E-state index contributed by atoms with van der Waals surface area (Å²) in [5.74, 6) is 0.572. The first-order valence-electron chi connectivity index (χ1n) is 4.91. The molecule has 0 atom stereocenters. The molecule has 0 saturated heterocycles. The number of hydrogen-bond acceptors (Lipinski definition) is 2. The zero-order valence-electron chi connectivity index (χ0n) is 8.97. The van der Waals surface area contributed by atoms with Crippen molar-refractivity contribution in [3.05, 3.63) is 41.6 Å². The lowest BCUT2D eigenvalue weighted by Gasteiger charge is -2.07. The number of aromatic nitrogens is 2. The zero-order valence-corrected chi connectivity index (χ0v) is 8.97. The van der Waals surface area contributed by atoms with Crippen molar-refractivity contribution >= 4 is 11.5 Å². The number of aromatic amines is 1. The number of H-pyrrole nitrogens is 1. The average Bonchev–Trinajstić information content (AvgIpc) is 2.63. The first-order valence-corrected chi connectivity index (χ1v) is 4.91. The highest BCUT2D eigenvalue weighted by atomic mass is 19.4. The van der Waals surface area contributed by atoms with Crippen LogP contribution in [0.15, 0.2) is 30.3 Å². The molecule has 0 radical (unpaired) electrons. The maximum atomic E-state index is 12.3. The Morgan fingerprint density at radius 3 is 2.29 bits per heavy atom. The monoisotopic (exact) mass is 241 g/mol. The molecule has 0 amide bonds. The fourth-order valence-electron chi connectivity index (χ4n) is 1.37. The Morgan fingerprint density at radius 2 is 1.82 bits per heavy atom. The van der Waals surface area contributed by atoms with Crippen molar-refractivity contribution < 1.29 is 13.2 Å². The van der Waals surface area contributed by atoms with Crippen LogP contribution in [-0.2, 0) is 6.18 Å². The standard InChI is InChI=1S/C11H10F3N3/c1-7-6-10(17-16-7)15-9-4-2-8(3-5-9)11(12,13)14/h2-6H,1H3,(H2,15,16,17). The number of nitrogens with one attached hydrogen (secondary N) is 2. The van der Waals surface area contributed by atoms with Crippen LogP contribution in [0.1, 0.15) is 11.3 Å². The van der Waals surface area contributed by atoms with Crippen molar-refractivity contribution in [2.45, 2.75) is 13.1 Å². The van der Waals surface area contributed by atoms with E-state index >= 15 is 0 Å². The average molecular weight is 241 g/mol. The molecular weight excluding hydrogens is 231 g/mol. The van der Waals surface area contributed by atoms with Crippen LogP contribution in [0, 0.1) is 6.92 Å². The van der Waals surface area contributed by atoms with E-state index in [4.69, 9.17) is 0 Å². The molecule has 90 valence electrons. The highest BCUT2D eigenvalue weighted by Crippen LogP contribution is 2.30. The minimum Gasteiger partial charge on any atom is -0.339 e. The van der Waals surface area contributed by atoms with E-state index in [1.54, 1.807) is 6.07 Å². The maximum Gasteiger partial charge on any atom is 0.416 e. The van der Waals surface area contributed by atoms with E-state index in [1.165, 1.54) is 12.1 Å². The Bertz CT molecular complexity index is 499. The van der Waals surface area contributed by atoms with E-state index in [9.17, 15) is 13.2 Å². The van der Waals surface area contributed by atoms with Crippen LogP contribution in [-0.4, -0.2) is 10.2 Å². The largest absolute Gasteiger partial charge is 0.416 e. The van der Waals surface area contributed by atoms with E-state index < -0.39 is 11.7 Å². The number of alkyl halides is 3. The molecular formula is C11H10F3N3. The second-order valence-corrected chi connectivity index (χ2v) is 3.64. The third-order valence-corrected chi connectivity index (χ3v) is 2.19. The van der Waals surface area contributed by atoms with Gasteiger partial charge in [-0.3, -0.25) is 5.10 Å². The summed E-state index contributed by atoms with van der Waals surface area (Å²) in [6.45, 7) is 1.84. The topological polar surface area (TPSA) is 40.7 Å². The third-order valence-electron chi connectivity index (χ3n) is 2.19. The number of halogens is 3. The van der Waals surface area contributed by atoms with Crippen LogP contribution in [0.4, 0.5) is 24.7 Å². The SMILES string of the molecule is Cc1cc(Nc2ccc(C(F)(F)F)cc2)n[nH]1. The van der Waals surface area contributed by atoms with Crippen LogP contribution in [0.3, 0.4) is 0 Å². The summed E-state index contributed by atoms with van der Waals surface area (Å²) in [4.78, 5) is 0. The van der Waals surface area contributed by atoms with Crippen molar-refractivity contribution in [2.24, 2.45) is 0 Å². The van der Waals surface area contributed by atoms with Gasteiger partial charge >= 0.3 is 6.18 Å². The first-order chi connectivity index (χ1) is 7.95. The molecule has 0 saturated carbocycles. The van der Waals surface area contributed by atoms with Gasteiger partial charge in [-0.15, -0.1) is 0 Å². The Morgan fingerprint density at radius 1 is 1.18 bits per heavy atom. The first kappa shape index (κ1) is 11.5. The van der Waals surface area contributed by atoms with E-state index in [2.05, 4.69) is 15.5 Å². The van der Waals surface area contributed by atoms with Gasteiger partial charge < -0.3 is 5.32 Å². The molecule has 0 aliphatic carbocycles. The Kier molecular flexibility index (Phi) is 2.79. The van der Waals surface area contributed by atoms with Crippen LogP contribution < -0.4 is 5.32 Å². The van der Waals surface area contributed by atoms with Gasteiger partial charge in [0.05, 0.1) is 5.56 Å². The van der Waals surface area contributed by atoms with Crippen LogP contribution >= 0.6 is 0 Å². The summed E-state index contributed by atoms with van der Waals surface area (Å²) in [5.41, 5.74) is 0.769. The van der Waals surface area contributed by atoms with Gasteiger partial charge in [-0.1, -0.05) is 0 Å². The van der Waals surface area contributed by atoms with E-state index in [-0.39, 0.29) is 0 Å². The lowest BCUT2D eigenvalue weighted by molar-refractivity contribution is -0.137. The lowest BCUT2D eigenvalue weighted by atomic mass is 10.2. The minimum atomic E-state index is -4.30. The number of nitrogens with zero attached hydrogens (tertiary/aromatic N) is 1. The van der Waals surface area contributed by atoms with E-state index in [1.807, 2.05) is 6.92 Å². The summed E-state index contributed by atoms with van der Waals surface area (Å²) >= 11 is 0. The highest BCUT2D eigenvalue weighted by molar-refractivity contribution is 5.56. The number of benzene rings is 1. The molecule has 0 fully saturated rings. The molecule has 2 N–H and O–H groups in total. The molecule has 0 bridgehead atoms. The Balaban J connectivity index is 2.13. The normalized spacial score (nSPS) is 11.5. The van der Waals surface area contributed by atoms with Gasteiger partial charge in [0.1, 0.15) is 0 Å². The molecule has 2 aromatic rings. The van der Waals surface area contributed by atoms with Crippen molar-refractivity contribution in [1.29, 1.82) is 0 Å². The molecule has 1 heterocycles. The Hall–Kier alpha value is -1.98. The summed E-state index contributed by atoms with van der Waals surface area (Å²) in [6.07, 6.45) is -4.30.